The molecule has 0 aromatic heterocycles. The molecule has 0 unspecified atom stereocenters. The number of hydrogen-bond acceptors (Lipinski definition) is 2. The molecule has 0 amide bonds. The fraction of sp³-hybridized carbons (Fsp3) is 0.800. The van der Waals surface area contributed by atoms with Gasteiger partial charge in [0, 0.05) is 0 Å². The summed E-state index contributed by atoms with van der Waals surface area (Å²) in [6, 6.07) is 0. The number of halogens is 10. The first-order chi connectivity index (χ1) is 7.11. The van der Waals surface area contributed by atoms with E-state index >= 15 is 0 Å². The second-order valence-electron chi connectivity index (χ2n) is 2.46. The highest BCUT2D eigenvalue weighted by Crippen LogP contribution is 2.51. The SMILES string of the molecule is O=C(C(Cl)(Cl)Cl)C(Cl)(Cl)OC(Cl)(Cl)C(Cl)(Cl)Cl. The van der Waals surface area contributed by atoms with E-state index in [1.807, 2.05) is 0 Å². The van der Waals surface area contributed by atoms with Crippen LogP contribution in [0.25, 0.3) is 0 Å². The van der Waals surface area contributed by atoms with Crippen LogP contribution in [0, 0.1) is 0 Å². The van der Waals surface area contributed by atoms with E-state index in [1.165, 1.54) is 0 Å². The standard InChI is InChI=1S/C5Cl10O2/c6-2(7,8)1(16)3(9,10)17-5(14,15)4(11,12)13. The summed E-state index contributed by atoms with van der Waals surface area (Å²) >= 11 is 53.8. The number of rotatable bonds is 3. The van der Waals surface area contributed by atoms with Crippen molar-refractivity contribution in [1.82, 2.24) is 0 Å². The molecule has 0 aliphatic rings. The highest BCUT2D eigenvalue weighted by Gasteiger charge is 2.57. The lowest BCUT2D eigenvalue weighted by Crippen LogP contribution is -2.47. The Labute approximate surface area is 147 Å². The second-order valence-corrected chi connectivity index (χ2v) is 9.54. The van der Waals surface area contributed by atoms with E-state index in [4.69, 9.17) is 116 Å². The molecule has 0 rings (SSSR count). The predicted molar refractivity (Wildman–Crippen MR) is 75.5 cm³/mol. The Bertz CT molecular complexity index is 299. The molecule has 0 fully saturated rings. The summed E-state index contributed by atoms with van der Waals surface area (Å²) in [6.45, 7) is 0. The molecule has 0 aliphatic carbocycles. The van der Waals surface area contributed by atoms with E-state index in [2.05, 4.69) is 4.74 Å². The van der Waals surface area contributed by atoms with E-state index in [9.17, 15) is 4.79 Å². The molecule has 17 heavy (non-hydrogen) atoms. The van der Waals surface area contributed by atoms with Gasteiger partial charge in [-0.2, -0.15) is 0 Å². The maximum absolute atomic E-state index is 11.5. The van der Waals surface area contributed by atoms with Crippen molar-refractivity contribution < 1.29 is 9.53 Å². The average molecular weight is 447 g/mol. The van der Waals surface area contributed by atoms with Gasteiger partial charge in [0.05, 0.1) is 0 Å². The van der Waals surface area contributed by atoms with Crippen molar-refractivity contribution in [3.05, 3.63) is 0 Å². The fourth-order valence-electron chi connectivity index (χ4n) is 0.430. The molecule has 0 radical (unpaired) electrons. The first-order valence-electron chi connectivity index (χ1n) is 3.25. The van der Waals surface area contributed by atoms with Crippen molar-refractivity contribution in [2.45, 2.75) is 16.6 Å². The molecular formula is C5Cl10O2. The monoisotopic (exact) mass is 442 g/mol. The fourth-order valence-corrected chi connectivity index (χ4v) is 2.14. The first-order valence-corrected chi connectivity index (χ1v) is 7.03. The van der Waals surface area contributed by atoms with Crippen LogP contribution in [-0.4, -0.2) is 22.4 Å². The largest absolute Gasteiger partial charge is 0.300 e. The molecule has 12 heteroatoms. The summed E-state index contributed by atoms with van der Waals surface area (Å²) in [5.74, 6) is -1.38. The Kier molecular flexibility index (Phi) is 7.02. The second kappa shape index (κ2) is 6.11. The molecule has 0 saturated heterocycles. The van der Waals surface area contributed by atoms with E-state index in [-0.39, 0.29) is 0 Å². The van der Waals surface area contributed by atoms with Gasteiger partial charge >= 0.3 is 0 Å². The van der Waals surface area contributed by atoms with E-state index in [0.29, 0.717) is 0 Å². The van der Waals surface area contributed by atoms with Crippen LogP contribution in [0.4, 0.5) is 0 Å². The van der Waals surface area contributed by atoms with Crippen LogP contribution < -0.4 is 0 Å². The van der Waals surface area contributed by atoms with Crippen LogP contribution in [0.1, 0.15) is 0 Å². The van der Waals surface area contributed by atoms with Gasteiger partial charge in [-0.15, -0.1) is 0 Å². The quantitative estimate of drug-likeness (QED) is 0.530. The molecule has 2 nitrogen and oxygen atoms in total. The lowest BCUT2D eigenvalue weighted by Gasteiger charge is -2.33. The topological polar surface area (TPSA) is 26.3 Å². The molecule has 0 aliphatic heterocycles. The number of carbonyl (C=O) groups excluding carboxylic acids is 1. The van der Waals surface area contributed by atoms with Crippen LogP contribution in [0.2, 0.25) is 0 Å². The summed E-state index contributed by atoms with van der Waals surface area (Å²) in [5.41, 5.74) is 0. The van der Waals surface area contributed by atoms with E-state index in [1.54, 1.807) is 0 Å². The Morgan fingerprint density at radius 1 is 0.765 bits per heavy atom. The van der Waals surface area contributed by atoms with Crippen molar-refractivity contribution in [1.29, 1.82) is 0 Å². The molecule has 0 N–H and O–H groups in total. The van der Waals surface area contributed by atoms with E-state index < -0.39 is 22.4 Å². The maximum atomic E-state index is 11.5. The lowest BCUT2D eigenvalue weighted by molar-refractivity contribution is -0.129. The predicted octanol–water partition coefficient (Wildman–Crippen LogP) is 5.58. The van der Waals surface area contributed by atoms with Gasteiger partial charge in [0.1, 0.15) is 0 Å². The normalized spacial score (nSPS) is 14.9. The van der Waals surface area contributed by atoms with Crippen molar-refractivity contribution in [3.63, 3.8) is 0 Å². The molecule has 0 spiro atoms. The minimum Gasteiger partial charge on any atom is -0.300 e. The third-order valence-electron chi connectivity index (χ3n) is 1.11. The van der Waals surface area contributed by atoms with Gasteiger partial charge in [-0.25, -0.2) is 0 Å². The van der Waals surface area contributed by atoms with Crippen LogP contribution in [0.5, 0.6) is 0 Å². The summed E-state index contributed by atoms with van der Waals surface area (Å²) in [7, 11) is 0. The van der Waals surface area contributed by atoms with Crippen molar-refractivity contribution in [2.24, 2.45) is 0 Å². The van der Waals surface area contributed by atoms with Gasteiger partial charge in [-0.1, -0.05) is 116 Å². The zero-order valence-corrected chi connectivity index (χ0v) is 14.7. The Morgan fingerprint density at radius 2 is 1.12 bits per heavy atom. The molecule has 0 bridgehead atoms. The van der Waals surface area contributed by atoms with Crippen LogP contribution in [0.15, 0.2) is 0 Å². The summed E-state index contributed by atoms with van der Waals surface area (Å²) in [6.07, 6.45) is 0. The van der Waals surface area contributed by atoms with Crippen molar-refractivity contribution in [2.75, 3.05) is 0 Å². The summed E-state index contributed by atoms with van der Waals surface area (Å²) in [5, 5.41) is 0. The lowest BCUT2D eigenvalue weighted by atomic mass is 10.4. The highest BCUT2D eigenvalue weighted by atomic mass is 35.6. The zero-order chi connectivity index (χ0) is 14.3. The Hall–Kier alpha value is 2.53. The van der Waals surface area contributed by atoms with E-state index in [0.717, 1.165) is 0 Å². The van der Waals surface area contributed by atoms with Crippen LogP contribution in [-0.2, 0) is 9.53 Å². The van der Waals surface area contributed by atoms with Gasteiger partial charge in [-0.3, -0.25) is 9.53 Å². The average Bonchev–Trinajstić information content (AvgIpc) is 1.96. The Balaban J connectivity index is 5.08. The van der Waals surface area contributed by atoms with Crippen LogP contribution >= 0.6 is 116 Å². The summed E-state index contributed by atoms with van der Waals surface area (Å²) < 4.78 is -5.56. The van der Waals surface area contributed by atoms with Gasteiger partial charge in [-0.05, 0) is 0 Å². The number of hydrogen-bond donors (Lipinski definition) is 0. The van der Waals surface area contributed by atoms with Crippen LogP contribution in [0.3, 0.4) is 0 Å². The molecule has 0 atom stereocenters. The third-order valence-corrected chi connectivity index (χ3v) is 4.22. The highest BCUT2D eigenvalue weighted by molar-refractivity contribution is 6.80. The van der Waals surface area contributed by atoms with Gasteiger partial charge in [0.2, 0.25) is 9.58 Å². The number of Topliss-reactive ketones (excluding diaryl/α,β-unsaturated/α-hetero) is 1. The maximum Gasteiger partial charge on any atom is 0.285 e. The number of alkyl halides is 10. The summed E-state index contributed by atoms with van der Waals surface area (Å²) in [4.78, 5) is 11.5. The number of ketones is 1. The van der Waals surface area contributed by atoms with Gasteiger partial charge in [0.25, 0.3) is 12.8 Å². The minimum atomic E-state index is -2.72. The van der Waals surface area contributed by atoms with Crippen molar-refractivity contribution in [3.8, 4) is 0 Å². The molecule has 0 heterocycles. The first kappa shape index (κ1) is 19.5. The third kappa shape index (κ3) is 5.81. The minimum absolute atomic E-state index is 1.38. The molecule has 0 saturated carbocycles. The number of ether oxygens (including phenoxy) is 1. The van der Waals surface area contributed by atoms with Crippen molar-refractivity contribution >= 4 is 122 Å². The smallest absolute Gasteiger partial charge is 0.285 e. The van der Waals surface area contributed by atoms with Gasteiger partial charge in [0.15, 0.2) is 0 Å². The molecule has 0 aromatic rings. The number of carbonyl (C=O) groups is 1. The zero-order valence-electron chi connectivity index (χ0n) is 7.10. The van der Waals surface area contributed by atoms with Gasteiger partial charge < -0.3 is 0 Å². The Morgan fingerprint density at radius 3 is 1.35 bits per heavy atom. The molecule has 0 aromatic carbocycles. The molecule has 102 valence electrons. The molecular weight excluding hydrogens is 447 g/mol.